The minimum atomic E-state index is 0.281. The first-order chi connectivity index (χ1) is 10.1. The fraction of sp³-hybridized carbons (Fsp3) is 0.333. The summed E-state index contributed by atoms with van der Waals surface area (Å²) < 4.78 is 5.18. The van der Waals surface area contributed by atoms with Gasteiger partial charge in [-0.2, -0.15) is 0 Å². The number of ether oxygens (including phenoxy) is 1. The van der Waals surface area contributed by atoms with E-state index in [1.165, 1.54) is 11.1 Å². The Labute approximate surface area is 126 Å². The smallest absolute Gasteiger partial charge is 0.118 e. The third kappa shape index (κ3) is 4.50. The lowest BCUT2D eigenvalue weighted by Gasteiger charge is -2.20. The summed E-state index contributed by atoms with van der Waals surface area (Å²) in [6.45, 7) is 4.34. The normalized spacial score (nSPS) is 13.7. The SMILES string of the molecule is COc1ccc([C@H](C)NC(C)Cc2ccc(O)cc2)cc1. The summed E-state index contributed by atoms with van der Waals surface area (Å²) in [4.78, 5) is 0. The molecule has 112 valence electrons. The zero-order valence-corrected chi connectivity index (χ0v) is 12.8. The molecule has 3 nitrogen and oxygen atoms in total. The van der Waals surface area contributed by atoms with Gasteiger partial charge in [0, 0.05) is 12.1 Å². The van der Waals surface area contributed by atoms with Crippen LogP contribution in [0.25, 0.3) is 0 Å². The molecule has 0 bridgehead atoms. The van der Waals surface area contributed by atoms with Crippen LogP contribution >= 0.6 is 0 Å². The molecule has 0 spiro atoms. The molecule has 3 heteroatoms. The summed E-state index contributed by atoms with van der Waals surface area (Å²) in [6, 6.07) is 16.2. The van der Waals surface area contributed by atoms with Gasteiger partial charge in [0.15, 0.2) is 0 Å². The number of rotatable bonds is 6. The molecule has 1 unspecified atom stereocenters. The summed E-state index contributed by atoms with van der Waals surface area (Å²) in [7, 11) is 1.68. The molecule has 21 heavy (non-hydrogen) atoms. The number of phenols is 1. The van der Waals surface area contributed by atoms with E-state index in [0.717, 1.165) is 12.2 Å². The highest BCUT2D eigenvalue weighted by Gasteiger charge is 2.10. The molecule has 2 aromatic rings. The van der Waals surface area contributed by atoms with Gasteiger partial charge in [-0.15, -0.1) is 0 Å². The average Bonchev–Trinajstić information content (AvgIpc) is 2.49. The van der Waals surface area contributed by atoms with Gasteiger partial charge < -0.3 is 15.2 Å². The second-order valence-electron chi connectivity index (χ2n) is 5.43. The molecule has 0 aliphatic carbocycles. The van der Waals surface area contributed by atoms with E-state index in [9.17, 15) is 5.11 Å². The van der Waals surface area contributed by atoms with E-state index in [1.54, 1.807) is 19.2 Å². The molecule has 2 atom stereocenters. The molecule has 2 N–H and O–H groups in total. The first-order valence-electron chi connectivity index (χ1n) is 7.26. The number of hydrogen-bond donors (Lipinski definition) is 2. The third-order valence-corrected chi connectivity index (χ3v) is 3.63. The van der Waals surface area contributed by atoms with Gasteiger partial charge in [0.05, 0.1) is 7.11 Å². The van der Waals surface area contributed by atoms with E-state index < -0.39 is 0 Å². The zero-order chi connectivity index (χ0) is 15.2. The number of aromatic hydroxyl groups is 1. The van der Waals surface area contributed by atoms with Crippen molar-refractivity contribution in [1.82, 2.24) is 5.32 Å². The lowest BCUT2D eigenvalue weighted by atomic mass is 10.0. The van der Waals surface area contributed by atoms with Crippen molar-refractivity contribution in [3.8, 4) is 11.5 Å². The molecular formula is C18H23NO2. The van der Waals surface area contributed by atoms with Crippen LogP contribution in [0.2, 0.25) is 0 Å². The van der Waals surface area contributed by atoms with E-state index in [-0.39, 0.29) is 6.04 Å². The zero-order valence-electron chi connectivity index (χ0n) is 12.8. The second-order valence-corrected chi connectivity index (χ2v) is 5.43. The Kier molecular flexibility index (Phi) is 5.23. The highest BCUT2D eigenvalue weighted by molar-refractivity contribution is 5.29. The molecule has 0 aliphatic rings. The summed E-state index contributed by atoms with van der Waals surface area (Å²) in [6.07, 6.45) is 0.931. The molecule has 0 saturated heterocycles. The highest BCUT2D eigenvalue weighted by Crippen LogP contribution is 2.18. The van der Waals surface area contributed by atoms with Gasteiger partial charge in [0.1, 0.15) is 11.5 Å². The molecule has 0 heterocycles. The van der Waals surface area contributed by atoms with E-state index in [0.29, 0.717) is 11.8 Å². The largest absolute Gasteiger partial charge is 0.508 e. The van der Waals surface area contributed by atoms with Gasteiger partial charge in [-0.05, 0) is 55.7 Å². The van der Waals surface area contributed by atoms with Gasteiger partial charge in [-0.25, -0.2) is 0 Å². The standard InChI is InChI=1S/C18H23NO2/c1-13(12-15-4-8-17(20)9-5-15)19-14(2)16-6-10-18(21-3)11-7-16/h4-11,13-14,19-20H,12H2,1-3H3/t13?,14-/m0/s1. The van der Waals surface area contributed by atoms with Crippen LogP contribution in [0, 0.1) is 0 Å². The van der Waals surface area contributed by atoms with E-state index >= 15 is 0 Å². The Morgan fingerprint density at radius 2 is 1.62 bits per heavy atom. The number of hydrogen-bond acceptors (Lipinski definition) is 3. The minimum Gasteiger partial charge on any atom is -0.508 e. The maximum atomic E-state index is 9.30. The molecule has 0 amide bonds. The number of methoxy groups -OCH3 is 1. The molecule has 0 radical (unpaired) electrons. The van der Waals surface area contributed by atoms with Crippen LogP contribution in [0.4, 0.5) is 0 Å². The maximum Gasteiger partial charge on any atom is 0.118 e. The van der Waals surface area contributed by atoms with Crippen molar-refractivity contribution in [3.63, 3.8) is 0 Å². The lowest BCUT2D eigenvalue weighted by Crippen LogP contribution is -2.30. The fourth-order valence-corrected chi connectivity index (χ4v) is 2.46. The molecule has 2 aromatic carbocycles. The summed E-state index contributed by atoms with van der Waals surface area (Å²) in [5.41, 5.74) is 2.46. The predicted octanol–water partition coefficient (Wildman–Crippen LogP) is 3.68. The Bertz CT molecular complexity index is 548. The monoisotopic (exact) mass is 285 g/mol. The molecule has 0 aliphatic heterocycles. The van der Waals surface area contributed by atoms with Crippen molar-refractivity contribution in [2.24, 2.45) is 0 Å². The van der Waals surface area contributed by atoms with Gasteiger partial charge >= 0.3 is 0 Å². The number of benzene rings is 2. The maximum absolute atomic E-state index is 9.30. The van der Waals surface area contributed by atoms with E-state index in [4.69, 9.17) is 4.74 Å². The van der Waals surface area contributed by atoms with Crippen molar-refractivity contribution in [1.29, 1.82) is 0 Å². The van der Waals surface area contributed by atoms with Crippen molar-refractivity contribution in [2.75, 3.05) is 7.11 Å². The average molecular weight is 285 g/mol. The van der Waals surface area contributed by atoms with Crippen molar-refractivity contribution < 1.29 is 9.84 Å². The highest BCUT2D eigenvalue weighted by atomic mass is 16.5. The Hall–Kier alpha value is -2.00. The first kappa shape index (κ1) is 15.4. The third-order valence-electron chi connectivity index (χ3n) is 3.63. The molecule has 0 aromatic heterocycles. The predicted molar refractivity (Wildman–Crippen MR) is 85.8 cm³/mol. The molecule has 0 fully saturated rings. The second kappa shape index (κ2) is 7.14. The van der Waals surface area contributed by atoms with E-state index in [2.05, 4.69) is 31.3 Å². The lowest BCUT2D eigenvalue weighted by molar-refractivity contribution is 0.414. The Morgan fingerprint density at radius 3 is 2.19 bits per heavy atom. The van der Waals surface area contributed by atoms with Crippen LogP contribution in [0.15, 0.2) is 48.5 Å². The van der Waals surface area contributed by atoms with Gasteiger partial charge in [-0.1, -0.05) is 24.3 Å². The van der Waals surface area contributed by atoms with Crippen LogP contribution < -0.4 is 10.1 Å². The topological polar surface area (TPSA) is 41.5 Å². The van der Waals surface area contributed by atoms with Gasteiger partial charge in [0.2, 0.25) is 0 Å². The summed E-state index contributed by atoms with van der Waals surface area (Å²) in [5.74, 6) is 1.19. The van der Waals surface area contributed by atoms with Crippen molar-refractivity contribution in [3.05, 3.63) is 59.7 Å². The number of nitrogens with one attached hydrogen (secondary N) is 1. The van der Waals surface area contributed by atoms with E-state index in [1.807, 2.05) is 24.3 Å². The molecular weight excluding hydrogens is 262 g/mol. The minimum absolute atomic E-state index is 0.281. The van der Waals surface area contributed by atoms with Crippen LogP contribution in [0.5, 0.6) is 11.5 Å². The van der Waals surface area contributed by atoms with Crippen LogP contribution in [-0.4, -0.2) is 18.3 Å². The van der Waals surface area contributed by atoms with Crippen LogP contribution in [0.1, 0.15) is 31.0 Å². The molecule has 2 rings (SSSR count). The Balaban J connectivity index is 1.91. The first-order valence-corrected chi connectivity index (χ1v) is 7.26. The number of phenolic OH excluding ortho intramolecular Hbond substituents is 1. The van der Waals surface area contributed by atoms with Crippen molar-refractivity contribution >= 4 is 0 Å². The van der Waals surface area contributed by atoms with Gasteiger partial charge in [-0.3, -0.25) is 0 Å². The van der Waals surface area contributed by atoms with Crippen LogP contribution in [-0.2, 0) is 6.42 Å². The summed E-state index contributed by atoms with van der Waals surface area (Å²) >= 11 is 0. The van der Waals surface area contributed by atoms with Crippen molar-refractivity contribution in [2.45, 2.75) is 32.4 Å². The van der Waals surface area contributed by atoms with Gasteiger partial charge in [0.25, 0.3) is 0 Å². The fourth-order valence-electron chi connectivity index (χ4n) is 2.46. The quantitative estimate of drug-likeness (QED) is 0.850. The summed E-state index contributed by atoms with van der Waals surface area (Å²) in [5, 5.41) is 12.9. The molecule has 0 saturated carbocycles. The Morgan fingerprint density at radius 1 is 1.00 bits per heavy atom. The van der Waals surface area contributed by atoms with Crippen LogP contribution in [0.3, 0.4) is 0 Å².